The Labute approximate surface area is 335 Å². The molecule has 4 heterocycles. The summed E-state index contributed by atoms with van der Waals surface area (Å²) in [7, 11) is 1.57. The maximum atomic E-state index is 13.7. The molecule has 4 aliphatic rings. The summed E-state index contributed by atoms with van der Waals surface area (Å²) in [5.41, 5.74) is 0.983. The van der Waals surface area contributed by atoms with Gasteiger partial charge in [-0.25, -0.2) is 14.8 Å². The Morgan fingerprint density at radius 3 is 2.31 bits per heavy atom. The van der Waals surface area contributed by atoms with Crippen LogP contribution in [0.4, 0.5) is 29.5 Å². The summed E-state index contributed by atoms with van der Waals surface area (Å²) in [6, 6.07) is 5.48. The number of nitrogens with zero attached hydrogens (tertiary/aromatic N) is 6. The molecule has 1 saturated carbocycles. The number of alkyl halides is 3. The highest BCUT2D eigenvalue weighted by atomic mass is 19.4. The lowest BCUT2D eigenvalue weighted by Crippen LogP contribution is -2.46. The molecule has 13 nitrogen and oxygen atoms in total. The van der Waals surface area contributed by atoms with Gasteiger partial charge < -0.3 is 29.9 Å². The van der Waals surface area contributed by atoms with Crippen molar-refractivity contribution in [2.24, 2.45) is 17.3 Å². The highest BCUT2D eigenvalue weighted by molar-refractivity contribution is 5.94. The van der Waals surface area contributed by atoms with Gasteiger partial charge >= 0.3 is 12.3 Å². The average Bonchev–Trinajstić information content (AvgIpc) is 3.21. The zero-order valence-electron chi connectivity index (χ0n) is 33.3. The number of nitro benzene ring substituents is 1. The first-order valence-corrected chi connectivity index (χ1v) is 20.3. The lowest BCUT2D eigenvalue weighted by Gasteiger charge is -2.46. The highest BCUT2D eigenvalue weighted by Crippen LogP contribution is 2.47. The molecule has 0 radical (unpaired) electrons. The van der Waals surface area contributed by atoms with E-state index in [4.69, 9.17) is 4.74 Å². The fraction of sp³-hybridized carbons (Fsp3) is 0.571. The van der Waals surface area contributed by atoms with Gasteiger partial charge in [-0.2, -0.15) is 13.2 Å². The topological polar surface area (TPSA) is 154 Å². The minimum atomic E-state index is -4.76. The Morgan fingerprint density at radius 2 is 1.71 bits per heavy atom. The first-order valence-electron chi connectivity index (χ1n) is 20.3. The molecule has 1 aromatic heterocycles. The van der Waals surface area contributed by atoms with E-state index in [1.807, 2.05) is 17.0 Å². The van der Waals surface area contributed by atoms with Crippen molar-refractivity contribution in [1.29, 1.82) is 0 Å². The number of methoxy groups -OCH3 is 1. The number of piperidine rings is 2. The van der Waals surface area contributed by atoms with E-state index in [0.717, 1.165) is 68.6 Å². The van der Waals surface area contributed by atoms with Crippen LogP contribution in [0, 0.1) is 34.3 Å². The van der Waals surface area contributed by atoms with Crippen molar-refractivity contribution in [3.8, 4) is 5.75 Å². The number of benzene rings is 2. The number of carboxylic acid groups (broad SMARTS) is 1. The smallest absolute Gasteiger partial charge is 0.416 e. The number of likely N-dealkylation sites (tertiary alicyclic amines) is 2. The Bertz CT molecular complexity index is 2070. The van der Waals surface area contributed by atoms with Crippen LogP contribution in [0.15, 0.2) is 36.4 Å². The highest BCUT2D eigenvalue weighted by Gasteiger charge is 2.40. The number of anilines is 1. The van der Waals surface area contributed by atoms with E-state index < -0.39 is 34.5 Å². The predicted molar refractivity (Wildman–Crippen MR) is 213 cm³/mol. The summed E-state index contributed by atoms with van der Waals surface area (Å²) in [4.78, 5) is 50.9. The molecule has 3 fully saturated rings. The summed E-state index contributed by atoms with van der Waals surface area (Å²) >= 11 is 0. The van der Waals surface area contributed by atoms with E-state index in [2.05, 4.69) is 20.2 Å². The minimum Gasteiger partial charge on any atom is -0.496 e. The third-order valence-corrected chi connectivity index (χ3v) is 13.0. The first-order chi connectivity index (χ1) is 27.6. The summed E-state index contributed by atoms with van der Waals surface area (Å²) in [6.45, 7) is 8.53. The van der Waals surface area contributed by atoms with Crippen molar-refractivity contribution in [1.82, 2.24) is 24.7 Å². The molecule has 2 aromatic carbocycles. The van der Waals surface area contributed by atoms with Crippen LogP contribution in [0.3, 0.4) is 0 Å². The number of carbonyl (C=O) groups excluding carboxylic acids is 1. The van der Waals surface area contributed by atoms with Crippen molar-refractivity contribution in [3.05, 3.63) is 69.0 Å². The number of aromatic nitrogens is 2. The molecule has 2 saturated heterocycles. The van der Waals surface area contributed by atoms with Crippen molar-refractivity contribution in [3.63, 3.8) is 0 Å². The van der Waals surface area contributed by atoms with Gasteiger partial charge in [0, 0.05) is 67.8 Å². The number of aryl methyl sites for hydroxylation is 1. The van der Waals surface area contributed by atoms with Gasteiger partial charge in [0.25, 0.3) is 5.69 Å². The molecule has 3 aromatic rings. The number of nitrogens with one attached hydrogen (secondary N) is 1. The third-order valence-electron chi connectivity index (χ3n) is 13.0. The van der Waals surface area contributed by atoms with Gasteiger partial charge in [0.2, 0.25) is 5.91 Å². The fourth-order valence-corrected chi connectivity index (χ4v) is 9.49. The molecule has 3 aliphatic heterocycles. The van der Waals surface area contributed by atoms with E-state index in [1.165, 1.54) is 25.7 Å². The van der Waals surface area contributed by atoms with E-state index in [9.17, 15) is 38.0 Å². The van der Waals surface area contributed by atoms with Gasteiger partial charge in [-0.3, -0.25) is 14.9 Å². The number of carbonyl (C=O) groups is 2. The molecule has 1 spiro atoms. The number of amides is 2. The van der Waals surface area contributed by atoms with Gasteiger partial charge in [0.1, 0.15) is 17.4 Å². The lowest BCUT2D eigenvalue weighted by atomic mass is 9.65. The number of fused-ring (bicyclic) bond motifs is 1. The fourth-order valence-electron chi connectivity index (χ4n) is 9.49. The van der Waals surface area contributed by atoms with Crippen LogP contribution in [-0.2, 0) is 11.0 Å². The zero-order chi connectivity index (χ0) is 41.4. The number of ether oxygens (including phenoxy) is 1. The van der Waals surface area contributed by atoms with Gasteiger partial charge in [0.05, 0.1) is 29.2 Å². The van der Waals surface area contributed by atoms with E-state index in [0.29, 0.717) is 78.3 Å². The molecule has 1 aliphatic carbocycles. The second kappa shape index (κ2) is 16.7. The first kappa shape index (κ1) is 41.2. The van der Waals surface area contributed by atoms with E-state index >= 15 is 0 Å². The second-order valence-corrected chi connectivity index (χ2v) is 16.7. The summed E-state index contributed by atoms with van der Waals surface area (Å²) in [5, 5.41) is 24.6. The second-order valence-electron chi connectivity index (χ2n) is 16.7. The van der Waals surface area contributed by atoms with Crippen molar-refractivity contribution >= 4 is 40.0 Å². The minimum absolute atomic E-state index is 0.00952. The molecule has 16 heteroatoms. The van der Waals surface area contributed by atoms with Crippen LogP contribution < -0.4 is 10.1 Å². The molecule has 312 valence electrons. The van der Waals surface area contributed by atoms with Crippen LogP contribution in [0.2, 0.25) is 0 Å². The van der Waals surface area contributed by atoms with Crippen molar-refractivity contribution in [2.45, 2.75) is 83.9 Å². The summed E-state index contributed by atoms with van der Waals surface area (Å²) in [6.07, 6.45) is 5.44. The number of hydrogen-bond donors (Lipinski definition) is 2. The van der Waals surface area contributed by atoms with Crippen LogP contribution in [-0.4, -0.2) is 99.6 Å². The number of halogens is 3. The molecule has 58 heavy (non-hydrogen) atoms. The number of hydrogen-bond acceptors (Lipinski definition) is 9. The molecule has 2 amide bonds. The maximum Gasteiger partial charge on any atom is 0.416 e. The Kier molecular flexibility index (Phi) is 11.9. The molecule has 0 bridgehead atoms. The normalized spacial score (nSPS) is 20.2. The van der Waals surface area contributed by atoms with Gasteiger partial charge in [-0.05, 0) is 119 Å². The molecule has 1 atom stereocenters. The van der Waals surface area contributed by atoms with Crippen LogP contribution in [0.1, 0.15) is 93.3 Å². The molecule has 7 rings (SSSR count). The number of non-ortho nitro benzene ring substituents is 1. The quantitative estimate of drug-likeness (QED) is 0.159. The summed E-state index contributed by atoms with van der Waals surface area (Å²) in [5.74, 6) is 2.20. The van der Waals surface area contributed by atoms with Crippen LogP contribution >= 0.6 is 0 Å². The largest absolute Gasteiger partial charge is 0.496 e. The lowest BCUT2D eigenvalue weighted by molar-refractivity contribution is -0.385. The Morgan fingerprint density at radius 1 is 1.00 bits per heavy atom. The van der Waals surface area contributed by atoms with Gasteiger partial charge in [-0.15, -0.1) is 0 Å². The van der Waals surface area contributed by atoms with E-state index in [-0.39, 0.29) is 17.4 Å². The molecular weight excluding hydrogens is 755 g/mol. The van der Waals surface area contributed by atoms with Crippen LogP contribution in [0.5, 0.6) is 5.75 Å². The van der Waals surface area contributed by atoms with Gasteiger partial charge in [0.15, 0.2) is 0 Å². The molecule has 2 N–H and O–H groups in total. The van der Waals surface area contributed by atoms with E-state index in [1.54, 1.807) is 31.9 Å². The van der Waals surface area contributed by atoms with Gasteiger partial charge in [-0.1, -0.05) is 6.08 Å². The Hall–Kier alpha value is -4.99. The summed E-state index contributed by atoms with van der Waals surface area (Å²) < 4.78 is 46.8. The maximum absolute atomic E-state index is 13.7. The zero-order valence-corrected chi connectivity index (χ0v) is 33.3. The SMILES string of the molecule is COc1cc2nc(C)nc(N[C@H](C)c3cc([N+](=O)[O-])cc(C(F)(F)F)c3)c2cc1C1=CCN(C(=O)C2CCN(CC3CCC4(CC3)CCN(C(=O)O)CC4)CC2)CC1. The monoisotopic (exact) mass is 807 g/mol. The third kappa shape index (κ3) is 9.01. The van der Waals surface area contributed by atoms with Crippen molar-refractivity contribution < 1.29 is 37.5 Å². The molecule has 0 unspecified atom stereocenters. The van der Waals surface area contributed by atoms with Crippen molar-refractivity contribution in [2.75, 3.05) is 58.2 Å². The average molecular weight is 808 g/mol. The standard InChI is InChI=1S/C42H52F3N7O6/c1-26(31-20-32(42(43,44)45)22-33(21-31)52(56)57)46-38-35-23-34(37(58-3)24-36(35)47-27(2)48-38)29-8-16-50(17-9-29)39(53)30-6-14-49(15-7-30)25-28-4-10-41(11-5-28)12-18-51(19-13-41)40(54)55/h8,20-24,26,28,30H,4-7,9-19,25H2,1-3H3,(H,54,55)(H,46,47,48)/t26-/m1/s1. The Balaban J connectivity index is 0.975. The number of nitro groups is 1. The molecular formula is C42H52F3N7O6. The van der Waals surface area contributed by atoms with Crippen LogP contribution in [0.25, 0.3) is 16.5 Å². The number of rotatable bonds is 9. The predicted octanol–water partition coefficient (Wildman–Crippen LogP) is 8.33.